The minimum atomic E-state index is 0.570. The second-order valence-electron chi connectivity index (χ2n) is 11.6. The molecule has 7 aromatic carbocycles. The zero-order chi connectivity index (χ0) is 31.2. The van der Waals surface area contributed by atoms with Crippen LogP contribution in [0.15, 0.2) is 179 Å². The molecule has 0 saturated carbocycles. The Bertz CT molecular complexity index is 2500. The molecule has 2 heterocycles. The summed E-state index contributed by atoms with van der Waals surface area (Å²) in [6.07, 6.45) is 0. The van der Waals surface area contributed by atoms with Crippen LogP contribution in [0.25, 0.3) is 66.7 Å². The van der Waals surface area contributed by atoms with Crippen molar-refractivity contribution in [2.75, 3.05) is 4.90 Å². The number of hydrogen-bond donors (Lipinski definition) is 0. The van der Waals surface area contributed by atoms with Gasteiger partial charge in [-0.25, -0.2) is 4.98 Å². The molecule has 0 N–H and O–H groups in total. The van der Waals surface area contributed by atoms with Gasteiger partial charge in [-0.15, -0.1) is 0 Å². The summed E-state index contributed by atoms with van der Waals surface area (Å²) in [5.74, 6) is 0.570. The first-order chi connectivity index (χ1) is 23.3. The molecule has 0 unspecified atom stereocenters. The number of hydrogen-bond acceptors (Lipinski definition) is 4. The fraction of sp³-hybridized carbons (Fsp3) is 0. The summed E-state index contributed by atoms with van der Waals surface area (Å²) in [6, 6.07) is 58.5. The van der Waals surface area contributed by atoms with Gasteiger partial charge in [0, 0.05) is 28.4 Å². The number of oxazole rings is 1. The molecular formula is C43H28N2O2. The molecule has 0 radical (unpaired) electrons. The molecule has 0 bridgehead atoms. The summed E-state index contributed by atoms with van der Waals surface area (Å²) in [5.41, 5.74) is 11.6. The van der Waals surface area contributed by atoms with Crippen molar-refractivity contribution in [3.63, 3.8) is 0 Å². The minimum Gasteiger partial charge on any atom is -0.456 e. The molecule has 0 spiro atoms. The number of nitrogens with zero attached hydrogens (tertiary/aromatic N) is 2. The van der Waals surface area contributed by atoms with Crippen LogP contribution in [0.2, 0.25) is 0 Å². The molecule has 47 heavy (non-hydrogen) atoms. The van der Waals surface area contributed by atoms with E-state index in [9.17, 15) is 0 Å². The Morgan fingerprint density at radius 2 is 0.979 bits per heavy atom. The number of aromatic nitrogens is 1. The van der Waals surface area contributed by atoms with E-state index in [1.54, 1.807) is 0 Å². The number of anilines is 3. The summed E-state index contributed by atoms with van der Waals surface area (Å²) in [4.78, 5) is 7.42. The van der Waals surface area contributed by atoms with Gasteiger partial charge in [0.05, 0.1) is 11.1 Å². The standard InChI is InChI=1S/C43H28N2O2/c1-4-13-29(14-5-1)32-17-12-18-33(27-32)30-23-25-35(26-24-30)45(34-19-8-3-9-20-34)42-40-36-21-10-11-22-37(36)46-38(40)28-39-41(42)44-43(47-39)31-15-6-2-7-16-31/h1-28H. The van der Waals surface area contributed by atoms with Crippen molar-refractivity contribution in [1.29, 1.82) is 0 Å². The first kappa shape index (κ1) is 27.0. The third kappa shape index (κ3) is 4.75. The van der Waals surface area contributed by atoms with Gasteiger partial charge >= 0.3 is 0 Å². The highest BCUT2D eigenvalue weighted by Gasteiger charge is 2.26. The second-order valence-corrected chi connectivity index (χ2v) is 11.6. The van der Waals surface area contributed by atoms with Gasteiger partial charge in [0.1, 0.15) is 16.7 Å². The van der Waals surface area contributed by atoms with Crippen molar-refractivity contribution in [1.82, 2.24) is 4.98 Å². The summed E-state index contributed by atoms with van der Waals surface area (Å²) in [7, 11) is 0. The lowest BCUT2D eigenvalue weighted by molar-refractivity contribution is 0.617. The Balaban J connectivity index is 1.26. The average Bonchev–Trinajstić information content (AvgIpc) is 3.75. The maximum atomic E-state index is 6.45. The second kappa shape index (κ2) is 11.2. The number of para-hydroxylation sites is 2. The van der Waals surface area contributed by atoms with Crippen LogP contribution in [-0.4, -0.2) is 4.98 Å². The lowest BCUT2D eigenvalue weighted by Crippen LogP contribution is -2.11. The van der Waals surface area contributed by atoms with Crippen molar-refractivity contribution >= 4 is 50.1 Å². The normalized spacial score (nSPS) is 11.4. The van der Waals surface area contributed by atoms with Crippen molar-refractivity contribution in [3.8, 4) is 33.7 Å². The highest BCUT2D eigenvalue weighted by Crippen LogP contribution is 2.47. The molecule has 9 aromatic rings. The molecule has 4 heteroatoms. The third-order valence-corrected chi connectivity index (χ3v) is 8.69. The van der Waals surface area contributed by atoms with Crippen molar-refractivity contribution < 1.29 is 8.83 Å². The quantitative estimate of drug-likeness (QED) is 0.189. The zero-order valence-electron chi connectivity index (χ0n) is 25.4. The average molecular weight is 605 g/mol. The van der Waals surface area contributed by atoms with Crippen LogP contribution in [0, 0.1) is 0 Å². The van der Waals surface area contributed by atoms with Crippen LogP contribution in [0.3, 0.4) is 0 Å². The van der Waals surface area contributed by atoms with Gasteiger partial charge in [-0.2, -0.15) is 0 Å². The van der Waals surface area contributed by atoms with Gasteiger partial charge in [0.2, 0.25) is 5.89 Å². The van der Waals surface area contributed by atoms with Crippen molar-refractivity contribution in [2.45, 2.75) is 0 Å². The SMILES string of the molecule is c1ccc(-c2cccc(-c3ccc(N(c4ccccc4)c4c5nc(-c6ccccc6)oc5cc5oc6ccccc6c45)cc3)c2)cc1. The topological polar surface area (TPSA) is 42.4 Å². The van der Waals surface area contributed by atoms with Crippen LogP contribution in [0.1, 0.15) is 0 Å². The predicted molar refractivity (Wildman–Crippen MR) is 192 cm³/mol. The molecule has 9 rings (SSSR count). The van der Waals surface area contributed by atoms with Crippen molar-refractivity contribution in [2.24, 2.45) is 0 Å². The van der Waals surface area contributed by atoms with E-state index in [0.717, 1.165) is 55.6 Å². The maximum Gasteiger partial charge on any atom is 0.227 e. The van der Waals surface area contributed by atoms with E-state index in [1.807, 2.05) is 60.7 Å². The Labute approximate surface area is 271 Å². The molecular weight excluding hydrogens is 576 g/mol. The first-order valence-electron chi connectivity index (χ1n) is 15.7. The molecule has 0 atom stereocenters. The van der Waals surface area contributed by atoms with E-state index < -0.39 is 0 Å². The molecule has 0 aliphatic carbocycles. The highest BCUT2D eigenvalue weighted by atomic mass is 16.4. The smallest absolute Gasteiger partial charge is 0.227 e. The number of benzene rings is 7. The summed E-state index contributed by atoms with van der Waals surface area (Å²) in [5, 5.41) is 2.02. The van der Waals surface area contributed by atoms with E-state index >= 15 is 0 Å². The Kier molecular flexibility index (Phi) is 6.43. The van der Waals surface area contributed by atoms with Gasteiger partial charge in [0.25, 0.3) is 0 Å². The predicted octanol–water partition coefficient (Wildman–Crippen LogP) is 12.2. The number of rotatable bonds is 6. The van der Waals surface area contributed by atoms with Crippen LogP contribution >= 0.6 is 0 Å². The van der Waals surface area contributed by atoms with E-state index in [0.29, 0.717) is 11.5 Å². The number of furan rings is 1. The zero-order valence-corrected chi connectivity index (χ0v) is 25.4. The van der Waals surface area contributed by atoms with Crippen LogP contribution in [0.5, 0.6) is 0 Å². The van der Waals surface area contributed by atoms with E-state index in [2.05, 4.69) is 114 Å². The van der Waals surface area contributed by atoms with E-state index in [1.165, 1.54) is 16.7 Å². The summed E-state index contributed by atoms with van der Waals surface area (Å²) in [6.45, 7) is 0. The fourth-order valence-corrected chi connectivity index (χ4v) is 6.47. The molecule has 0 amide bonds. The van der Waals surface area contributed by atoms with Gasteiger partial charge in [-0.05, 0) is 70.8 Å². The number of fused-ring (bicyclic) bond motifs is 4. The molecule has 0 saturated heterocycles. The molecule has 4 nitrogen and oxygen atoms in total. The van der Waals surface area contributed by atoms with Crippen molar-refractivity contribution in [3.05, 3.63) is 170 Å². The van der Waals surface area contributed by atoms with Crippen LogP contribution in [0.4, 0.5) is 17.1 Å². The minimum absolute atomic E-state index is 0.570. The molecule has 0 aliphatic heterocycles. The Hall–Kier alpha value is -6.39. The molecule has 0 fully saturated rings. The van der Waals surface area contributed by atoms with E-state index in [-0.39, 0.29) is 0 Å². The monoisotopic (exact) mass is 604 g/mol. The van der Waals surface area contributed by atoms with Gasteiger partial charge in [-0.3, -0.25) is 0 Å². The highest BCUT2D eigenvalue weighted by molar-refractivity contribution is 6.20. The third-order valence-electron chi connectivity index (χ3n) is 8.69. The Morgan fingerprint density at radius 1 is 0.404 bits per heavy atom. The van der Waals surface area contributed by atoms with E-state index in [4.69, 9.17) is 13.8 Å². The van der Waals surface area contributed by atoms with Gasteiger partial charge in [0.15, 0.2) is 5.58 Å². The Morgan fingerprint density at radius 3 is 1.70 bits per heavy atom. The fourth-order valence-electron chi connectivity index (χ4n) is 6.47. The first-order valence-corrected chi connectivity index (χ1v) is 15.7. The lowest BCUT2D eigenvalue weighted by Gasteiger charge is -2.26. The summed E-state index contributed by atoms with van der Waals surface area (Å²) >= 11 is 0. The maximum absolute atomic E-state index is 6.45. The molecule has 222 valence electrons. The summed E-state index contributed by atoms with van der Waals surface area (Å²) < 4.78 is 12.9. The largest absolute Gasteiger partial charge is 0.456 e. The molecule has 2 aromatic heterocycles. The van der Waals surface area contributed by atoms with Crippen LogP contribution < -0.4 is 4.90 Å². The lowest BCUT2D eigenvalue weighted by atomic mass is 9.98. The van der Waals surface area contributed by atoms with Crippen LogP contribution in [-0.2, 0) is 0 Å². The van der Waals surface area contributed by atoms with Gasteiger partial charge in [-0.1, -0.05) is 115 Å². The molecule has 0 aliphatic rings. The van der Waals surface area contributed by atoms with Gasteiger partial charge < -0.3 is 13.7 Å².